The van der Waals surface area contributed by atoms with E-state index in [-0.39, 0.29) is 17.6 Å². The average Bonchev–Trinajstić information content (AvgIpc) is 2.89. The second-order valence-electron chi connectivity index (χ2n) is 6.25. The number of nitrogens with two attached hydrogens (primary N) is 1. The van der Waals surface area contributed by atoms with Gasteiger partial charge in [0.2, 0.25) is 5.69 Å². The number of hydrogen-bond donors (Lipinski definition) is 1. The monoisotopic (exact) mass is 314 g/mol. The van der Waals surface area contributed by atoms with Gasteiger partial charge in [-0.1, -0.05) is 17.7 Å². The minimum Gasteiger partial charge on any atom is -0.458 e. The molecule has 122 valence electrons. The first-order chi connectivity index (χ1) is 11.0. The predicted octanol–water partition coefficient (Wildman–Crippen LogP) is 2.96. The van der Waals surface area contributed by atoms with Gasteiger partial charge in [-0.05, 0) is 62.8 Å². The van der Waals surface area contributed by atoms with Crippen LogP contribution < -0.4 is 5.73 Å². The molecule has 0 saturated heterocycles. The fourth-order valence-corrected chi connectivity index (χ4v) is 3.09. The van der Waals surface area contributed by atoms with E-state index in [4.69, 9.17) is 10.5 Å². The van der Waals surface area contributed by atoms with Crippen LogP contribution in [0.15, 0.2) is 18.2 Å². The summed E-state index contributed by atoms with van der Waals surface area (Å²) in [5.74, 6) is -0.263. The molecule has 1 saturated carbocycles. The summed E-state index contributed by atoms with van der Waals surface area (Å²) in [5.41, 5.74) is 9.16. The highest BCUT2D eigenvalue weighted by atomic mass is 16.5. The van der Waals surface area contributed by atoms with Crippen LogP contribution in [-0.2, 0) is 4.74 Å². The van der Waals surface area contributed by atoms with Crippen molar-refractivity contribution in [3.8, 4) is 5.69 Å². The largest absolute Gasteiger partial charge is 0.458 e. The fraction of sp³-hybridized carbons (Fsp3) is 0.471. The maximum atomic E-state index is 12.3. The molecule has 1 heterocycles. The van der Waals surface area contributed by atoms with E-state index in [1.165, 1.54) is 11.1 Å². The van der Waals surface area contributed by atoms with E-state index in [9.17, 15) is 4.79 Å². The number of hydrogen-bond acceptors (Lipinski definition) is 5. The van der Waals surface area contributed by atoms with Crippen LogP contribution in [0, 0.1) is 13.8 Å². The van der Waals surface area contributed by atoms with Gasteiger partial charge < -0.3 is 10.5 Å². The van der Waals surface area contributed by atoms with Gasteiger partial charge in [0, 0.05) is 0 Å². The molecule has 0 amide bonds. The zero-order valence-corrected chi connectivity index (χ0v) is 13.6. The molecule has 0 atom stereocenters. The normalized spacial score (nSPS) is 15.6. The Morgan fingerprint density at radius 1 is 1.17 bits per heavy atom. The lowest BCUT2D eigenvalue weighted by atomic mass is 9.98. The Labute approximate surface area is 135 Å². The topological polar surface area (TPSA) is 83.0 Å². The second-order valence-corrected chi connectivity index (χ2v) is 6.25. The number of ether oxygens (including phenoxy) is 1. The molecule has 0 bridgehead atoms. The van der Waals surface area contributed by atoms with Crippen molar-refractivity contribution in [3.05, 3.63) is 35.0 Å². The van der Waals surface area contributed by atoms with Crippen molar-refractivity contribution in [3.63, 3.8) is 0 Å². The van der Waals surface area contributed by atoms with Crippen LogP contribution in [0.2, 0.25) is 0 Å². The molecule has 23 heavy (non-hydrogen) atoms. The summed E-state index contributed by atoms with van der Waals surface area (Å²) in [5, 5.41) is 7.95. The first-order valence-electron chi connectivity index (χ1n) is 8.05. The Kier molecular flexibility index (Phi) is 4.32. The number of benzene rings is 1. The molecule has 2 N–H and O–H groups in total. The molecule has 6 nitrogen and oxygen atoms in total. The SMILES string of the molecule is Cc1cc(C)cc(-n2nnc(C(=O)OC3CCCCC3)c2N)c1. The summed E-state index contributed by atoms with van der Waals surface area (Å²) < 4.78 is 7.00. The number of carbonyl (C=O) groups is 1. The Bertz CT molecular complexity index is 697. The number of rotatable bonds is 3. The summed E-state index contributed by atoms with van der Waals surface area (Å²) in [6.07, 6.45) is 5.21. The van der Waals surface area contributed by atoms with Crippen molar-refractivity contribution >= 4 is 11.8 Å². The minimum atomic E-state index is -0.481. The predicted molar refractivity (Wildman–Crippen MR) is 87.5 cm³/mol. The first-order valence-corrected chi connectivity index (χ1v) is 8.05. The highest BCUT2D eigenvalue weighted by Gasteiger charge is 2.24. The van der Waals surface area contributed by atoms with Crippen LogP contribution in [-0.4, -0.2) is 27.1 Å². The number of nitrogens with zero attached hydrogens (tertiary/aromatic N) is 3. The lowest BCUT2D eigenvalue weighted by molar-refractivity contribution is 0.0205. The van der Waals surface area contributed by atoms with E-state index in [2.05, 4.69) is 16.4 Å². The summed E-state index contributed by atoms with van der Waals surface area (Å²) >= 11 is 0. The van der Waals surface area contributed by atoms with Gasteiger partial charge in [0.1, 0.15) is 6.10 Å². The lowest BCUT2D eigenvalue weighted by Gasteiger charge is -2.21. The molecule has 0 spiro atoms. The van der Waals surface area contributed by atoms with Crippen LogP contribution in [0.5, 0.6) is 0 Å². The maximum absolute atomic E-state index is 12.3. The third-order valence-corrected chi connectivity index (χ3v) is 4.18. The molecule has 6 heteroatoms. The minimum absolute atomic E-state index is 0.0259. The highest BCUT2D eigenvalue weighted by molar-refractivity contribution is 5.92. The van der Waals surface area contributed by atoms with Gasteiger partial charge in [0.15, 0.2) is 5.82 Å². The molecule has 3 rings (SSSR count). The Morgan fingerprint density at radius 2 is 1.83 bits per heavy atom. The van der Waals surface area contributed by atoms with Crippen LogP contribution >= 0.6 is 0 Å². The van der Waals surface area contributed by atoms with Crippen LogP contribution in [0.3, 0.4) is 0 Å². The fourth-order valence-electron chi connectivity index (χ4n) is 3.09. The molecule has 1 aromatic carbocycles. The van der Waals surface area contributed by atoms with Gasteiger partial charge in [0.25, 0.3) is 0 Å². The van der Waals surface area contributed by atoms with Crippen molar-refractivity contribution < 1.29 is 9.53 Å². The van der Waals surface area contributed by atoms with Gasteiger partial charge in [0.05, 0.1) is 5.69 Å². The van der Waals surface area contributed by atoms with E-state index in [1.54, 1.807) is 0 Å². The molecule has 1 fully saturated rings. The molecule has 1 aliphatic rings. The van der Waals surface area contributed by atoms with Gasteiger partial charge >= 0.3 is 5.97 Å². The van der Waals surface area contributed by atoms with Gasteiger partial charge in [-0.15, -0.1) is 5.10 Å². The van der Waals surface area contributed by atoms with E-state index in [0.717, 1.165) is 42.5 Å². The Morgan fingerprint density at radius 3 is 2.48 bits per heavy atom. The van der Waals surface area contributed by atoms with E-state index in [0.29, 0.717) is 0 Å². The Balaban J connectivity index is 1.82. The van der Waals surface area contributed by atoms with E-state index < -0.39 is 5.97 Å². The van der Waals surface area contributed by atoms with Crippen molar-refractivity contribution in [2.75, 3.05) is 5.73 Å². The molecular weight excluding hydrogens is 292 g/mol. The first kappa shape index (κ1) is 15.5. The van der Waals surface area contributed by atoms with Crippen molar-refractivity contribution in [2.24, 2.45) is 0 Å². The average molecular weight is 314 g/mol. The quantitative estimate of drug-likeness (QED) is 0.881. The molecular formula is C17H22N4O2. The molecule has 0 radical (unpaired) electrons. The van der Waals surface area contributed by atoms with Gasteiger partial charge in [-0.3, -0.25) is 0 Å². The highest BCUT2D eigenvalue weighted by Crippen LogP contribution is 2.23. The number of aryl methyl sites for hydroxylation is 2. The number of carbonyl (C=O) groups excluding carboxylic acids is 1. The van der Waals surface area contributed by atoms with Crippen molar-refractivity contribution in [1.82, 2.24) is 15.0 Å². The second kappa shape index (κ2) is 6.40. The molecule has 1 aromatic heterocycles. The van der Waals surface area contributed by atoms with E-state index >= 15 is 0 Å². The summed E-state index contributed by atoms with van der Waals surface area (Å²) in [7, 11) is 0. The van der Waals surface area contributed by atoms with Crippen molar-refractivity contribution in [1.29, 1.82) is 0 Å². The Hall–Kier alpha value is -2.37. The van der Waals surface area contributed by atoms with Crippen LogP contribution in [0.25, 0.3) is 5.69 Å². The maximum Gasteiger partial charge on any atom is 0.363 e. The third-order valence-electron chi connectivity index (χ3n) is 4.18. The number of aromatic nitrogens is 3. The smallest absolute Gasteiger partial charge is 0.363 e. The number of anilines is 1. The summed E-state index contributed by atoms with van der Waals surface area (Å²) in [6, 6.07) is 5.97. The number of esters is 1. The molecule has 2 aromatic rings. The summed E-state index contributed by atoms with van der Waals surface area (Å²) in [6.45, 7) is 4.00. The van der Waals surface area contributed by atoms with Crippen LogP contribution in [0.4, 0.5) is 5.82 Å². The summed E-state index contributed by atoms with van der Waals surface area (Å²) in [4.78, 5) is 12.3. The molecule has 0 aliphatic heterocycles. The zero-order valence-electron chi connectivity index (χ0n) is 13.6. The van der Waals surface area contributed by atoms with Gasteiger partial charge in [-0.25, -0.2) is 4.79 Å². The zero-order chi connectivity index (χ0) is 16.4. The standard InChI is InChI=1S/C17H22N4O2/c1-11-8-12(2)10-13(9-11)21-16(18)15(19-20-21)17(22)23-14-6-4-3-5-7-14/h8-10,14H,3-7,18H2,1-2H3. The third kappa shape index (κ3) is 3.36. The van der Waals surface area contributed by atoms with Crippen molar-refractivity contribution in [2.45, 2.75) is 52.1 Å². The molecule has 0 unspecified atom stereocenters. The lowest BCUT2D eigenvalue weighted by Crippen LogP contribution is -2.21. The van der Waals surface area contributed by atoms with Crippen LogP contribution in [0.1, 0.15) is 53.7 Å². The molecule has 1 aliphatic carbocycles. The number of nitrogen functional groups attached to an aromatic ring is 1. The van der Waals surface area contributed by atoms with Gasteiger partial charge in [-0.2, -0.15) is 4.68 Å². The van der Waals surface area contributed by atoms with E-state index in [1.807, 2.05) is 26.0 Å².